The van der Waals surface area contributed by atoms with E-state index in [-0.39, 0.29) is 5.92 Å². The zero-order valence-corrected chi connectivity index (χ0v) is 17.8. The van der Waals surface area contributed by atoms with E-state index >= 15 is 0 Å². The Labute approximate surface area is 171 Å². The molecule has 1 unspecified atom stereocenters. The van der Waals surface area contributed by atoms with Crippen molar-refractivity contribution in [1.29, 1.82) is 0 Å². The lowest BCUT2D eigenvalue weighted by Gasteiger charge is -2.20. The molecule has 0 fully saturated rings. The summed E-state index contributed by atoms with van der Waals surface area (Å²) in [6.45, 7) is 9.47. The van der Waals surface area contributed by atoms with Gasteiger partial charge in [-0.15, -0.1) is 0 Å². The number of nitrogens with one attached hydrogen (secondary N) is 2. The van der Waals surface area contributed by atoms with E-state index in [0.29, 0.717) is 17.3 Å². The van der Waals surface area contributed by atoms with Gasteiger partial charge >= 0.3 is 6.09 Å². The number of nitrogens with zero attached hydrogens (tertiary/aromatic N) is 4. The fourth-order valence-electron chi connectivity index (χ4n) is 3.02. The number of hydrogen-bond donors (Lipinski definition) is 2. The molecule has 2 aromatic heterocycles. The average Bonchev–Trinajstić information content (AvgIpc) is 2.87. The number of alkyl carbamates (subject to hydrolysis) is 1. The molecule has 1 aliphatic rings. The number of rotatable bonds is 4. The van der Waals surface area contributed by atoms with Gasteiger partial charge in [-0.25, -0.2) is 14.8 Å². The van der Waals surface area contributed by atoms with E-state index in [2.05, 4.69) is 32.6 Å². The summed E-state index contributed by atoms with van der Waals surface area (Å²) in [4.78, 5) is 21.6. The standard InChI is InChI=1S/C21H28N6O2/c1-7-14-10-16(25-20(28)29-21(3,4)5)18-13(2)26-27(19(18)24-11-14)17-9-8-15(22-6)12-23-17/h8-12,14,22H,7H2,1-6H3,(H,25,28). The summed E-state index contributed by atoms with van der Waals surface area (Å²) in [6, 6.07) is 3.80. The van der Waals surface area contributed by atoms with Gasteiger partial charge in [0.15, 0.2) is 11.6 Å². The molecule has 2 aromatic rings. The summed E-state index contributed by atoms with van der Waals surface area (Å²) < 4.78 is 7.14. The Balaban J connectivity index is 2.04. The minimum absolute atomic E-state index is 0.0832. The number of anilines is 1. The van der Waals surface area contributed by atoms with Gasteiger partial charge in [-0.3, -0.25) is 5.32 Å². The molecule has 0 spiro atoms. The highest BCUT2D eigenvalue weighted by atomic mass is 16.6. The van der Waals surface area contributed by atoms with Gasteiger partial charge in [-0.1, -0.05) is 13.0 Å². The Morgan fingerprint density at radius 2 is 2.07 bits per heavy atom. The van der Waals surface area contributed by atoms with Gasteiger partial charge in [0.2, 0.25) is 0 Å². The Kier molecular flexibility index (Phi) is 5.72. The van der Waals surface area contributed by atoms with Crippen LogP contribution in [0.5, 0.6) is 0 Å². The number of fused-ring (bicyclic) bond motifs is 1. The second-order valence-corrected chi connectivity index (χ2v) is 7.91. The number of amides is 1. The number of carbonyl (C=O) groups excluding carboxylic acids is 1. The molecule has 1 amide bonds. The van der Waals surface area contributed by atoms with Crippen LogP contribution in [0.1, 0.15) is 45.4 Å². The summed E-state index contributed by atoms with van der Waals surface area (Å²) in [5.74, 6) is 1.36. The smallest absolute Gasteiger partial charge is 0.412 e. The molecular formula is C21H28N6O2. The van der Waals surface area contributed by atoms with Crippen molar-refractivity contribution in [1.82, 2.24) is 20.1 Å². The number of aryl methyl sites for hydroxylation is 1. The molecule has 0 aromatic carbocycles. The Morgan fingerprint density at radius 1 is 1.31 bits per heavy atom. The molecule has 1 aliphatic heterocycles. The lowest BCUT2D eigenvalue weighted by atomic mass is 10.0. The number of allylic oxidation sites excluding steroid dienone is 1. The van der Waals surface area contributed by atoms with Crippen LogP contribution in [0.15, 0.2) is 29.4 Å². The average molecular weight is 396 g/mol. The molecule has 0 bridgehead atoms. The van der Waals surface area contributed by atoms with Crippen molar-refractivity contribution in [3.05, 3.63) is 35.7 Å². The number of hydrogen-bond acceptors (Lipinski definition) is 6. The molecule has 0 saturated heterocycles. The zero-order valence-electron chi connectivity index (χ0n) is 17.8. The van der Waals surface area contributed by atoms with Crippen LogP contribution in [0.4, 0.5) is 16.3 Å². The van der Waals surface area contributed by atoms with Crippen molar-refractivity contribution in [3.63, 3.8) is 0 Å². The van der Waals surface area contributed by atoms with Gasteiger partial charge in [0, 0.05) is 19.2 Å². The summed E-state index contributed by atoms with van der Waals surface area (Å²) in [5, 5.41) is 10.6. The number of aromatic nitrogens is 3. The number of aliphatic imine (C=N–C) groups is 1. The van der Waals surface area contributed by atoms with Gasteiger partial charge in [-0.2, -0.15) is 9.78 Å². The van der Waals surface area contributed by atoms with Crippen LogP contribution in [-0.4, -0.2) is 39.7 Å². The third kappa shape index (κ3) is 4.64. The van der Waals surface area contributed by atoms with Crippen LogP contribution in [0, 0.1) is 12.8 Å². The van der Waals surface area contributed by atoms with E-state index in [1.807, 2.05) is 59.2 Å². The molecule has 0 aliphatic carbocycles. The van der Waals surface area contributed by atoms with E-state index < -0.39 is 11.7 Å². The summed E-state index contributed by atoms with van der Waals surface area (Å²) in [7, 11) is 1.84. The topological polar surface area (TPSA) is 93.4 Å². The highest BCUT2D eigenvalue weighted by Crippen LogP contribution is 2.34. The van der Waals surface area contributed by atoms with Crippen LogP contribution < -0.4 is 10.6 Å². The summed E-state index contributed by atoms with van der Waals surface area (Å²) >= 11 is 0. The second kappa shape index (κ2) is 8.06. The molecule has 2 N–H and O–H groups in total. The molecule has 29 heavy (non-hydrogen) atoms. The van der Waals surface area contributed by atoms with Crippen molar-refractivity contribution in [2.24, 2.45) is 10.9 Å². The minimum atomic E-state index is -0.586. The van der Waals surface area contributed by atoms with Gasteiger partial charge in [0.1, 0.15) is 5.60 Å². The highest BCUT2D eigenvalue weighted by molar-refractivity contribution is 5.89. The van der Waals surface area contributed by atoms with E-state index in [1.165, 1.54) is 0 Å². The third-order valence-corrected chi connectivity index (χ3v) is 4.43. The quantitative estimate of drug-likeness (QED) is 0.807. The maximum atomic E-state index is 12.4. The third-order valence-electron chi connectivity index (χ3n) is 4.43. The van der Waals surface area contributed by atoms with E-state index in [1.54, 1.807) is 10.9 Å². The van der Waals surface area contributed by atoms with Gasteiger partial charge in [-0.05, 0) is 46.2 Å². The molecule has 8 heteroatoms. The largest absolute Gasteiger partial charge is 0.444 e. The summed E-state index contributed by atoms with van der Waals surface area (Å²) in [5.41, 5.74) is 2.48. The highest BCUT2D eigenvalue weighted by Gasteiger charge is 2.26. The van der Waals surface area contributed by atoms with Crippen molar-refractivity contribution in [3.8, 4) is 5.82 Å². The predicted octanol–water partition coefficient (Wildman–Crippen LogP) is 4.23. The van der Waals surface area contributed by atoms with Crippen LogP contribution in [0.2, 0.25) is 0 Å². The van der Waals surface area contributed by atoms with Crippen molar-refractivity contribution >= 4 is 29.5 Å². The number of pyridine rings is 1. The Bertz CT molecular complexity index is 951. The van der Waals surface area contributed by atoms with Crippen molar-refractivity contribution in [2.45, 2.75) is 46.6 Å². The Morgan fingerprint density at radius 3 is 2.66 bits per heavy atom. The van der Waals surface area contributed by atoms with Gasteiger partial charge < -0.3 is 10.1 Å². The lowest BCUT2D eigenvalue weighted by molar-refractivity contribution is 0.0558. The van der Waals surface area contributed by atoms with E-state index in [9.17, 15) is 4.79 Å². The molecule has 3 heterocycles. The van der Waals surface area contributed by atoms with Crippen molar-refractivity contribution in [2.75, 3.05) is 12.4 Å². The predicted molar refractivity (Wildman–Crippen MR) is 115 cm³/mol. The second-order valence-electron chi connectivity index (χ2n) is 7.91. The molecule has 3 rings (SSSR count). The molecule has 0 saturated carbocycles. The lowest BCUT2D eigenvalue weighted by Crippen LogP contribution is -2.31. The molecule has 0 radical (unpaired) electrons. The minimum Gasteiger partial charge on any atom is -0.444 e. The maximum absolute atomic E-state index is 12.4. The first-order valence-electron chi connectivity index (χ1n) is 9.72. The molecular weight excluding hydrogens is 368 g/mol. The van der Waals surface area contributed by atoms with Crippen molar-refractivity contribution < 1.29 is 9.53 Å². The number of carbonyl (C=O) groups is 1. The first-order valence-corrected chi connectivity index (χ1v) is 9.72. The van der Waals surface area contributed by atoms with Crippen LogP contribution in [-0.2, 0) is 4.74 Å². The van der Waals surface area contributed by atoms with E-state index in [0.717, 1.165) is 23.4 Å². The zero-order chi connectivity index (χ0) is 21.2. The SMILES string of the molecule is CCC1C=Nc2c(c(C)nn2-c2ccc(NC)cn2)C(NC(=O)OC(C)(C)C)=C1. The van der Waals surface area contributed by atoms with Gasteiger partial charge in [0.05, 0.1) is 28.8 Å². The Hall–Kier alpha value is -3.16. The van der Waals surface area contributed by atoms with E-state index in [4.69, 9.17) is 4.74 Å². The maximum Gasteiger partial charge on any atom is 0.412 e. The molecule has 8 nitrogen and oxygen atoms in total. The fourth-order valence-corrected chi connectivity index (χ4v) is 3.02. The molecule has 1 atom stereocenters. The summed E-state index contributed by atoms with van der Waals surface area (Å²) in [6.07, 6.45) is 5.96. The van der Waals surface area contributed by atoms with Crippen LogP contribution >= 0.6 is 0 Å². The first-order chi connectivity index (χ1) is 13.7. The normalized spacial score (nSPS) is 15.9. The number of ether oxygens (including phenoxy) is 1. The fraction of sp³-hybridized carbons (Fsp3) is 0.429. The van der Waals surface area contributed by atoms with Gasteiger partial charge in [0.25, 0.3) is 0 Å². The molecule has 154 valence electrons. The van der Waals surface area contributed by atoms with Crippen LogP contribution in [0.25, 0.3) is 11.5 Å². The monoisotopic (exact) mass is 396 g/mol. The first kappa shape index (κ1) is 20.6. The van der Waals surface area contributed by atoms with Crippen LogP contribution in [0.3, 0.4) is 0 Å².